The highest BCUT2D eigenvalue weighted by Crippen LogP contribution is 2.58. The van der Waals surface area contributed by atoms with Crippen LogP contribution in [0.1, 0.15) is 94.2 Å². The molecule has 0 amide bonds. The van der Waals surface area contributed by atoms with Crippen LogP contribution < -0.4 is 8.46 Å². The fourth-order valence-electron chi connectivity index (χ4n) is 8.04. The van der Waals surface area contributed by atoms with E-state index in [0.29, 0.717) is 0 Å². The number of benzene rings is 2. The first-order valence-electron chi connectivity index (χ1n) is 16.0. The lowest BCUT2D eigenvalue weighted by Gasteiger charge is -2.78. The van der Waals surface area contributed by atoms with Crippen molar-refractivity contribution >= 4 is 28.8 Å². The molecule has 5 rings (SSSR count). The fourth-order valence-corrected chi connectivity index (χ4v) is 24.8. The van der Waals surface area contributed by atoms with E-state index in [-0.39, 0.29) is 22.2 Å². The van der Waals surface area contributed by atoms with Crippen LogP contribution >= 0.6 is 0 Å². The largest absolute Gasteiger partial charge is 0.430 e. The van der Waals surface area contributed by atoms with Gasteiger partial charge in [0.1, 0.15) is 0 Å². The summed E-state index contributed by atoms with van der Waals surface area (Å²) >= 11 is 0. The molecular weight excluding hydrogens is 549 g/mol. The van der Waals surface area contributed by atoms with Crippen molar-refractivity contribution in [3.63, 3.8) is 0 Å². The van der Waals surface area contributed by atoms with Crippen molar-refractivity contribution in [2.45, 2.75) is 119 Å². The van der Waals surface area contributed by atoms with Gasteiger partial charge in [-0.2, -0.15) is 0 Å². The van der Waals surface area contributed by atoms with Gasteiger partial charge in [0.05, 0.1) is 0 Å². The summed E-state index contributed by atoms with van der Waals surface area (Å²) in [7, 11) is -5.50. The zero-order chi connectivity index (χ0) is 31.3. The predicted molar refractivity (Wildman–Crippen MR) is 185 cm³/mol. The normalized spacial score (nSPS) is 22.5. The topological polar surface area (TPSA) is 19.4 Å². The van der Waals surface area contributed by atoms with Gasteiger partial charge in [-0.3, -0.25) is 18.3 Å². The molecule has 0 aliphatic carbocycles. The standard InChI is InChI=1S/C34H58N6Si2/c1-27-15-19-29(20-16-27)39-41(35(31(3,4)5)23-24-36(41)32(6,7)8)40(30-21-17-28(2)18-22-30)42(39)37(33(9,10)11)25-26-38(42)34(12,13)14/h15-22H,23-26H2,1-14H3. The number of anilines is 2. The molecule has 3 fully saturated rings. The number of hydrogen-bond donors (Lipinski definition) is 0. The van der Waals surface area contributed by atoms with Gasteiger partial charge in [0.15, 0.2) is 0 Å². The maximum atomic E-state index is 3.09. The molecule has 0 N–H and O–H groups in total. The van der Waals surface area contributed by atoms with Crippen molar-refractivity contribution in [3.05, 3.63) is 59.7 Å². The van der Waals surface area contributed by atoms with Crippen molar-refractivity contribution < 1.29 is 0 Å². The molecule has 6 nitrogen and oxygen atoms in total. The summed E-state index contributed by atoms with van der Waals surface area (Å²) in [6.45, 7) is 38.1. The Hall–Kier alpha value is -1.69. The summed E-state index contributed by atoms with van der Waals surface area (Å²) in [5, 5.41) is 0. The van der Waals surface area contributed by atoms with E-state index in [9.17, 15) is 0 Å². The van der Waals surface area contributed by atoms with Crippen molar-refractivity contribution in [1.82, 2.24) is 18.3 Å². The first-order valence-corrected chi connectivity index (χ1v) is 19.6. The van der Waals surface area contributed by atoms with Crippen LogP contribution in [0.4, 0.5) is 11.4 Å². The van der Waals surface area contributed by atoms with Gasteiger partial charge in [-0.1, -0.05) is 35.4 Å². The van der Waals surface area contributed by atoms with Crippen LogP contribution in [0.15, 0.2) is 48.5 Å². The van der Waals surface area contributed by atoms with E-state index in [4.69, 9.17) is 0 Å². The smallest absolute Gasteiger partial charge is 0.342 e. The highest BCUT2D eigenvalue weighted by atomic mass is 28.5. The third kappa shape index (κ3) is 4.55. The Kier molecular flexibility index (Phi) is 7.49. The molecule has 42 heavy (non-hydrogen) atoms. The Bertz CT molecular complexity index is 1120. The fraction of sp³-hybridized carbons (Fsp3) is 0.647. The molecule has 2 spiro atoms. The SMILES string of the molecule is Cc1ccc(N2[Si]3(N(C(C)(C)C)CCN3C(C)(C)C)N(c3ccc(C)cc3)[Si]23N(C(C)(C)C)CCN3C(C)(C)C)cc1. The Morgan fingerprint density at radius 2 is 0.619 bits per heavy atom. The van der Waals surface area contributed by atoms with Gasteiger partial charge >= 0.3 is 17.4 Å². The zero-order valence-corrected chi connectivity index (χ0v) is 31.1. The van der Waals surface area contributed by atoms with Gasteiger partial charge in [-0.15, -0.1) is 0 Å². The quantitative estimate of drug-likeness (QED) is 0.343. The first kappa shape index (κ1) is 31.7. The molecule has 3 aliphatic rings. The Balaban J connectivity index is 1.97. The summed E-state index contributed by atoms with van der Waals surface area (Å²) in [6.07, 6.45) is 0. The minimum Gasteiger partial charge on any atom is -0.342 e. The van der Waals surface area contributed by atoms with E-state index in [2.05, 4.69) is 172 Å². The molecule has 3 heterocycles. The lowest BCUT2D eigenvalue weighted by molar-refractivity contribution is 0.212. The molecule has 3 aliphatic heterocycles. The van der Waals surface area contributed by atoms with Gasteiger partial charge < -0.3 is 8.46 Å². The van der Waals surface area contributed by atoms with E-state index >= 15 is 0 Å². The highest BCUT2D eigenvalue weighted by molar-refractivity contribution is 7.18. The van der Waals surface area contributed by atoms with E-state index in [1.54, 1.807) is 0 Å². The molecular formula is C34H58N6Si2. The molecule has 0 unspecified atom stereocenters. The Morgan fingerprint density at radius 1 is 0.405 bits per heavy atom. The monoisotopic (exact) mass is 606 g/mol. The second-order valence-electron chi connectivity index (χ2n) is 16.8. The predicted octanol–water partition coefficient (Wildman–Crippen LogP) is 6.93. The third-order valence-electron chi connectivity index (χ3n) is 9.57. The number of nitrogens with zero attached hydrogens (tertiary/aromatic N) is 6. The van der Waals surface area contributed by atoms with E-state index < -0.39 is 17.4 Å². The van der Waals surface area contributed by atoms with E-state index in [1.165, 1.54) is 22.5 Å². The highest BCUT2D eigenvalue weighted by Gasteiger charge is 2.87. The second-order valence-corrected chi connectivity index (χ2v) is 24.1. The van der Waals surface area contributed by atoms with Gasteiger partial charge in [0.2, 0.25) is 0 Å². The molecule has 0 radical (unpaired) electrons. The Labute approximate surface area is 259 Å². The maximum Gasteiger partial charge on any atom is 0.430 e. The molecule has 8 heteroatoms. The van der Waals surface area contributed by atoms with Crippen molar-refractivity contribution in [1.29, 1.82) is 0 Å². The van der Waals surface area contributed by atoms with Crippen LogP contribution in [0.2, 0.25) is 0 Å². The summed E-state index contributed by atoms with van der Waals surface area (Å²) in [4.78, 5) is 0. The molecule has 2 aromatic rings. The molecule has 232 valence electrons. The average Bonchev–Trinajstić information content (AvgIpc) is 3.45. The molecule has 0 atom stereocenters. The van der Waals surface area contributed by atoms with Gasteiger partial charge in [-0.05, 0) is 121 Å². The minimum atomic E-state index is -2.75. The zero-order valence-electron chi connectivity index (χ0n) is 29.1. The summed E-state index contributed by atoms with van der Waals surface area (Å²) in [5.41, 5.74) is 5.44. The van der Waals surface area contributed by atoms with Crippen LogP contribution in [0.5, 0.6) is 0 Å². The molecule has 3 saturated heterocycles. The van der Waals surface area contributed by atoms with E-state index in [1.807, 2.05) is 0 Å². The summed E-state index contributed by atoms with van der Waals surface area (Å²) in [5.74, 6) is 0. The van der Waals surface area contributed by atoms with Crippen molar-refractivity contribution in [2.75, 3.05) is 34.6 Å². The lowest BCUT2D eigenvalue weighted by atomic mass is 10.1. The minimum absolute atomic E-state index is 0.00581. The van der Waals surface area contributed by atoms with Crippen LogP contribution in [-0.2, 0) is 0 Å². The first-order chi connectivity index (χ1) is 19.2. The second kappa shape index (κ2) is 9.91. The number of aryl methyl sites for hydroxylation is 2. The van der Waals surface area contributed by atoms with Crippen molar-refractivity contribution in [3.8, 4) is 0 Å². The van der Waals surface area contributed by atoms with Crippen LogP contribution in [0.3, 0.4) is 0 Å². The molecule has 0 bridgehead atoms. The molecule has 0 saturated carbocycles. The summed E-state index contributed by atoms with van der Waals surface area (Å²) in [6, 6.07) is 19.1. The van der Waals surface area contributed by atoms with E-state index in [0.717, 1.165) is 26.2 Å². The lowest BCUT2D eigenvalue weighted by Crippen LogP contribution is -3.09. The van der Waals surface area contributed by atoms with Gasteiger partial charge in [0, 0.05) is 59.7 Å². The number of rotatable bonds is 2. The maximum absolute atomic E-state index is 3.09. The van der Waals surface area contributed by atoms with Crippen LogP contribution in [0, 0.1) is 13.8 Å². The van der Waals surface area contributed by atoms with Crippen molar-refractivity contribution in [2.24, 2.45) is 0 Å². The van der Waals surface area contributed by atoms with Crippen LogP contribution in [-0.4, -0.2) is 84.0 Å². The molecule has 2 aromatic carbocycles. The average molecular weight is 607 g/mol. The van der Waals surface area contributed by atoms with Crippen LogP contribution in [0.25, 0.3) is 0 Å². The van der Waals surface area contributed by atoms with Gasteiger partial charge in [0.25, 0.3) is 0 Å². The number of hydrogen-bond acceptors (Lipinski definition) is 6. The summed E-state index contributed by atoms with van der Waals surface area (Å²) < 4.78 is 18.0. The molecule has 0 aromatic heterocycles. The Morgan fingerprint density at radius 3 is 0.810 bits per heavy atom. The third-order valence-corrected chi connectivity index (χ3v) is 23.1. The van der Waals surface area contributed by atoms with Gasteiger partial charge in [-0.25, -0.2) is 0 Å².